The standard InChI is InChI=1S/C14H17ClN2OS/c1-9-17-11(8-19-9)7-13(16-2)12-5-4-10(15)6-14(12)18-3/h4-6,8,13,16H,7H2,1-3H3. The molecule has 1 N–H and O–H groups in total. The molecule has 2 aromatic rings. The molecule has 0 radical (unpaired) electrons. The number of thiazole rings is 1. The van der Waals surface area contributed by atoms with E-state index in [1.165, 1.54) is 0 Å². The fraction of sp³-hybridized carbons (Fsp3) is 0.357. The Morgan fingerprint density at radius 1 is 1.47 bits per heavy atom. The number of rotatable bonds is 5. The number of halogens is 1. The monoisotopic (exact) mass is 296 g/mol. The molecule has 1 unspecified atom stereocenters. The zero-order valence-electron chi connectivity index (χ0n) is 11.2. The number of nitrogens with one attached hydrogen (secondary N) is 1. The fourth-order valence-corrected chi connectivity index (χ4v) is 2.84. The smallest absolute Gasteiger partial charge is 0.125 e. The number of aryl methyl sites for hydroxylation is 1. The third-order valence-electron chi connectivity index (χ3n) is 3.00. The van der Waals surface area contributed by atoms with E-state index in [0.717, 1.165) is 28.4 Å². The lowest BCUT2D eigenvalue weighted by Gasteiger charge is -2.18. The molecule has 3 nitrogen and oxygen atoms in total. The predicted molar refractivity (Wildman–Crippen MR) is 80.4 cm³/mol. The van der Waals surface area contributed by atoms with E-state index < -0.39 is 0 Å². The van der Waals surface area contributed by atoms with Crippen LogP contribution in [0.25, 0.3) is 0 Å². The van der Waals surface area contributed by atoms with Gasteiger partial charge in [-0.15, -0.1) is 11.3 Å². The van der Waals surface area contributed by atoms with Gasteiger partial charge in [0.15, 0.2) is 0 Å². The number of benzene rings is 1. The van der Waals surface area contributed by atoms with Gasteiger partial charge in [-0.3, -0.25) is 0 Å². The maximum Gasteiger partial charge on any atom is 0.125 e. The van der Waals surface area contributed by atoms with Gasteiger partial charge >= 0.3 is 0 Å². The molecule has 0 spiro atoms. The summed E-state index contributed by atoms with van der Waals surface area (Å²) in [4.78, 5) is 4.51. The van der Waals surface area contributed by atoms with Crippen LogP contribution in [0.5, 0.6) is 5.75 Å². The van der Waals surface area contributed by atoms with Crippen LogP contribution in [0.3, 0.4) is 0 Å². The molecule has 19 heavy (non-hydrogen) atoms. The Labute approximate surface area is 122 Å². The molecular weight excluding hydrogens is 280 g/mol. The quantitative estimate of drug-likeness (QED) is 0.915. The Kier molecular flexibility index (Phi) is 4.80. The van der Waals surface area contributed by atoms with E-state index >= 15 is 0 Å². The highest BCUT2D eigenvalue weighted by atomic mass is 35.5. The van der Waals surface area contributed by atoms with Crippen molar-refractivity contribution in [2.75, 3.05) is 14.2 Å². The van der Waals surface area contributed by atoms with Crippen LogP contribution in [-0.2, 0) is 6.42 Å². The zero-order valence-corrected chi connectivity index (χ0v) is 12.8. The molecule has 0 aliphatic rings. The summed E-state index contributed by atoms with van der Waals surface area (Å²) in [5, 5.41) is 7.18. The van der Waals surface area contributed by atoms with Gasteiger partial charge in [0, 0.05) is 28.4 Å². The zero-order chi connectivity index (χ0) is 13.8. The van der Waals surface area contributed by atoms with E-state index in [1.54, 1.807) is 18.4 Å². The van der Waals surface area contributed by atoms with E-state index in [1.807, 2.05) is 32.2 Å². The van der Waals surface area contributed by atoms with Crippen LogP contribution in [0.1, 0.15) is 22.3 Å². The number of aromatic nitrogens is 1. The Hall–Kier alpha value is -1.10. The summed E-state index contributed by atoms with van der Waals surface area (Å²) in [5.41, 5.74) is 2.19. The van der Waals surface area contributed by atoms with Gasteiger partial charge in [0.05, 0.1) is 17.8 Å². The molecule has 0 saturated carbocycles. The first-order valence-corrected chi connectivity index (χ1v) is 7.31. The highest BCUT2D eigenvalue weighted by Crippen LogP contribution is 2.30. The number of likely N-dealkylation sites (N-methyl/N-ethyl adjacent to an activating group) is 1. The highest BCUT2D eigenvalue weighted by molar-refractivity contribution is 7.09. The molecule has 0 aliphatic carbocycles. The maximum atomic E-state index is 6.00. The van der Waals surface area contributed by atoms with Crippen LogP contribution in [0.2, 0.25) is 5.02 Å². The number of methoxy groups -OCH3 is 1. The summed E-state index contributed by atoms with van der Waals surface area (Å²) in [6, 6.07) is 5.89. The van der Waals surface area contributed by atoms with Crippen molar-refractivity contribution in [2.45, 2.75) is 19.4 Å². The maximum absolute atomic E-state index is 6.00. The summed E-state index contributed by atoms with van der Waals surface area (Å²) in [5.74, 6) is 0.804. The van der Waals surface area contributed by atoms with Crippen LogP contribution in [0.15, 0.2) is 23.6 Å². The molecule has 1 aromatic heterocycles. The van der Waals surface area contributed by atoms with Gasteiger partial charge in [-0.05, 0) is 26.1 Å². The second-order valence-corrected chi connectivity index (χ2v) is 5.79. The number of hydrogen-bond donors (Lipinski definition) is 1. The van der Waals surface area contributed by atoms with Crippen molar-refractivity contribution < 1.29 is 4.74 Å². The van der Waals surface area contributed by atoms with E-state index in [2.05, 4.69) is 15.7 Å². The van der Waals surface area contributed by atoms with Gasteiger partial charge in [0.1, 0.15) is 5.75 Å². The molecule has 1 heterocycles. The summed E-state index contributed by atoms with van der Waals surface area (Å²) in [7, 11) is 3.60. The van der Waals surface area contributed by atoms with Crippen molar-refractivity contribution in [1.29, 1.82) is 0 Å². The van der Waals surface area contributed by atoms with Crippen molar-refractivity contribution in [3.05, 3.63) is 44.9 Å². The van der Waals surface area contributed by atoms with Gasteiger partial charge in [-0.25, -0.2) is 4.98 Å². The van der Waals surface area contributed by atoms with Crippen LogP contribution in [0, 0.1) is 6.92 Å². The first-order valence-electron chi connectivity index (χ1n) is 6.05. The molecule has 0 amide bonds. The SMILES string of the molecule is CNC(Cc1csc(C)n1)c1ccc(Cl)cc1OC. The van der Waals surface area contributed by atoms with Crippen molar-refractivity contribution in [2.24, 2.45) is 0 Å². The van der Waals surface area contributed by atoms with E-state index in [-0.39, 0.29) is 6.04 Å². The van der Waals surface area contributed by atoms with Crippen molar-refractivity contribution in [3.63, 3.8) is 0 Å². The average Bonchev–Trinajstić information content (AvgIpc) is 2.81. The van der Waals surface area contributed by atoms with Crippen LogP contribution >= 0.6 is 22.9 Å². The van der Waals surface area contributed by atoms with E-state index in [4.69, 9.17) is 16.3 Å². The lowest BCUT2D eigenvalue weighted by molar-refractivity contribution is 0.401. The molecule has 102 valence electrons. The number of hydrogen-bond acceptors (Lipinski definition) is 4. The minimum Gasteiger partial charge on any atom is -0.496 e. The molecule has 0 aliphatic heterocycles. The Morgan fingerprint density at radius 2 is 2.26 bits per heavy atom. The molecular formula is C14H17ClN2OS. The molecule has 1 aromatic carbocycles. The first-order chi connectivity index (χ1) is 9.13. The van der Waals surface area contributed by atoms with Crippen molar-refractivity contribution in [1.82, 2.24) is 10.3 Å². The molecule has 0 bridgehead atoms. The third-order valence-corrected chi connectivity index (χ3v) is 4.06. The van der Waals surface area contributed by atoms with Crippen molar-refractivity contribution >= 4 is 22.9 Å². The molecule has 0 fully saturated rings. The largest absolute Gasteiger partial charge is 0.496 e. The molecule has 5 heteroatoms. The molecule has 2 rings (SSSR count). The average molecular weight is 297 g/mol. The van der Waals surface area contributed by atoms with Gasteiger partial charge in [-0.2, -0.15) is 0 Å². The summed E-state index contributed by atoms with van der Waals surface area (Å²) < 4.78 is 5.41. The Bertz CT molecular complexity index is 556. The topological polar surface area (TPSA) is 34.2 Å². The fourth-order valence-electron chi connectivity index (χ4n) is 2.05. The van der Waals surface area contributed by atoms with Crippen LogP contribution in [-0.4, -0.2) is 19.1 Å². The molecule has 1 atom stereocenters. The predicted octanol–water partition coefficient (Wildman–Crippen LogP) is 3.62. The Morgan fingerprint density at radius 3 is 2.84 bits per heavy atom. The van der Waals surface area contributed by atoms with Gasteiger partial charge < -0.3 is 10.1 Å². The summed E-state index contributed by atoms with van der Waals surface area (Å²) >= 11 is 7.67. The molecule has 0 saturated heterocycles. The van der Waals surface area contributed by atoms with Crippen molar-refractivity contribution in [3.8, 4) is 5.75 Å². The van der Waals surface area contributed by atoms with Crippen LogP contribution in [0.4, 0.5) is 0 Å². The van der Waals surface area contributed by atoms with E-state index in [0.29, 0.717) is 5.02 Å². The van der Waals surface area contributed by atoms with Crippen LogP contribution < -0.4 is 10.1 Å². The third kappa shape index (κ3) is 3.47. The van der Waals surface area contributed by atoms with Gasteiger partial charge in [0.25, 0.3) is 0 Å². The normalized spacial score (nSPS) is 12.4. The summed E-state index contributed by atoms with van der Waals surface area (Å²) in [6.07, 6.45) is 0.832. The minimum atomic E-state index is 0.161. The lowest BCUT2D eigenvalue weighted by atomic mass is 10.0. The van der Waals surface area contributed by atoms with Gasteiger partial charge in [0.2, 0.25) is 0 Å². The Balaban J connectivity index is 2.26. The van der Waals surface area contributed by atoms with Gasteiger partial charge in [-0.1, -0.05) is 17.7 Å². The number of nitrogens with zero attached hydrogens (tertiary/aromatic N) is 1. The highest BCUT2D eigenvalue weighted by Gasteiger charge is 2.16. The number of ether oxygens (including phenoxy) is 1. The lowest BCUT2D eigenvalue weighted by Crippen LogP contribution is -2.19. The summed E-state index contributed by atoms with van der Waals surface area (Å²) in [6.45, 7) is 2.02. The minimum absolute atomic E-state index is 0.161. The first kappa shape index (κ1) is 14.3. The van der Waals surface area contributed by atoms with E-state index in [9.17, 15) is 0 Å². The second-order valence-electron chi connectivity index (χ2n) is 4.29. The second kappa shape index (κ2) is 6.37.